The van der Waals surface area contributed by atoms with Crippen molar-refractivity contribution in [1.82, 2.24) is 0 Å². The minimum atomic E-state index is -0.910. The maximum Gasteiger partial charge on any atom is 0.309 e. The number of nitriles is 1. The number of fused-ring (bicyclic) bond motifs is 1. The Morgan fingerprint density at radius 3 is 2.35 bits per heavy atom. The molecule has 0 aliphatic carbocycles. The summed E-state index contributed by atoms with van der Waals surface area (Å²) in [4.78, 5) is 1.18. The zero-order valence-electron chi connectivity index (χ0n) is 15.5. The summed E-state index contributed by atoms with van der Waals surface area (Å²) in [6.45, 7) is 7.31. The number of thiophene rings is 1. The van der Waals surface area contributed by atoms with Crippen molar-refractivity contribution in [2.45, 2.75) is 38.9 Å². The molecule has 0 fully saturated rings. The molecule has 0 bridgehead atoms. The predicted octanol–water partition coefficient (Wildman–Crippen LogP) is 3.98. The highest BCUT2D eigenvalue weighted by Crippen LogP contribution is 2.33. The zero-order chi connectivity index (χ0) is 18.9. The molecule has 0 radical (unpaired) electrons. The molecular formula is C21H22BNO2S. The minimum absolute atomic E-state index is 0.454. The summed E-state index contributed by atoms with van der Waals surface area (Å²) in [6, 6.07) is 18.4. The fourth-order valence-corrected chi connectivity index (χ4v) is 3.51. The van der Waals surface area contributed by atoms with Gasteiger partial charge in [-0.2, -0.15) is 5.26 Å². The molecule has 3 nitrogen and oxygen atoms in total. The van der Waals surface area contributed by atoms with Crippen LogP contribution in [0.5, 0.6) is 0 Å². The van der Waals surface area contributed by atoms with Crippen LogP contribution >= 0.6 is 11.3 Å². The van der Waals surface area contributed by atoms with Crippen LogP contribution in [0.25, 0.3) is 20.5 Å². The highest BCUT2D eigenvalue weighted by atomic mass is 32.1. The maximum atomic E-state index is 10.2. The third kappa shape index (κ3) is 3.83. The topological polar surface area (TPSA) is 53.2 Å². The molecule has 26 heavy (non-hydrogen) atoms. The van der Waals surface area contributed by atoms with Crippen molar-refractivity contribution in [2.24, 2.45) is 0 Å². The standard InChI is InChI=1S/C21H22BNO2S/c1-20(2,24)21(3,4)25-22-17-8-6-15(7-9-17)19-12-16-11-14(13-23)5-10-18(16)26-19/h5-12,22,24H,1-4H3. The van der Waals surface area contributed by atoms with E-state index in [-0.39, 0.29) is 0 Å². The summed E-state index contributed by atoms with van der Waals surface area (Å²) in [5.41, 5.74) is 1.36. The van der Waals surface area contributed by atoms with Crippen molar-refractivity contribution in [2.75, 3.05) is 0 Å². The fraction of sp³-hybridized carbons (Fsp3) is 0.286. The molecule has 132 valence electrons. The van der Waals surface area contributed by atoms with E-state index in [1.807, 2.05) is 32.0 Å². The lowest BCUT2D eigenvalue weighted by Gasteiger charge is -2.37. The quantitative estimate of drug-likeness (QED) is 0.698. The molecule has 0 saturated carbocycles. The third-order valence-electron chi connectivity index (χ3n) is 4.96. The average molecular weight is 363 g/mol. The molecule has 1 aromatic heterocycles. The van der Waals surface area contributed by atoms with Gasteiger partial charge in [-0.05, 0) is 62.9 Å². The minimum Gasteiger partial charge on any atom is -0.427 e. The van der Waals surface area contributed by atoms with Gasteiger partial charge in [0.2, 0.25) is 0 Å². The van der Waals surface area contributed by atoms with Gasteiger partial charge in [-0.25, -0.2) is 0 Å². The normalized spacial score (nSPS) is 12.2. The van der Waals surface area contributed by atoms with E-state index in [4.69, 9.17) is 9.92 Å². The van der Waals surface area contributed by atoms with Gasteiger partial charge in [-0.1, -0.05) is 29.7 Å². The van der Waals surface area contributed by atoms with E-state index in [0.29, 0.717) is 13.0 Å². The second-order valence-electron chi connectivity index (χ2n) is 7.53. The van der Waals surface area contributed by atoms with Crippen molar-refractivity contribution in [1.29, 1.82) is 5.26 Å². The molecule has 3 rings (SSSR count). The summed E-state index contributed by atoms with van der Waals surface area (Å²) < 4.78 is 7.10. The predicted molar refractivity (Wildman–Crippen MR) is 110 cm³/mol. The van der Waals surface area contributed by atoms with E-state index >= 15 is 0 Å². The Morgan fingerprint density at radius 1 is 1.04 bits per heavy atom. The number of aliphatic hydroxyl groups is 1. The van der Waals surface area contributed by atoms with Crippen molar-refractivity contribution in [3.63, 3.8) is 0 Å². The Morgan fingerprint density at radius 2 is 1.73 bits per heavy atom. The highest BCUT2D eigenvalue weighted by molar-refractivity contribution is 7.22. The molecular weight excluding hydrogens is 341 g/mol. The number of hydrogen-bond acceptors (Lipinski definition) is 4. The smallest absolute Gasteiger partial charge is 0.309 e. The Balaban J connectivity index is 1.77. The molecule has 0 amide bonds. The van der Waals surface area contributed by atoms with Gasteiger partial charge in [-0.3, -0.25) is 0 Å². The van der Waals surface area contributed by atoms with Crippen molar-refractivity contribution in [3.8, 4) is 16.5 Å². The molecule has 1 heterocycles. The zero-order valence-corrected chi connectivity index (χ0v) is 16.4. The largest absolute Gasteiger partial charge is 0.427 e. The lowest BCUT2D eigenvalue weighted by Crippen LogP contribution is -2.49. The van der Waals surface area contributed by atoms with Crippen LogP contribution in [0.4, 0.5) is 0 Å². The van der Waals surface area contributed by atoms with Gasteiger partial charge in [0.15, 0.2) is 0 Å². The Bertz CT molecular complexity index is 962. The monoisotopic (exact) mass is 363 g/mol. The number of rotatable bonds is 5. The van der Waals surface area contributed by atoms with Crippen molar-refractivity contribution >= 4 is 34.4 Å². The first kappa shape index (κ1) is 18.7. The van der Waals surface area contributed by atoms with E-state index in [2.05, 4.69) is 36.4 Å². The van der Waals surface area contributed by atoms with E-state index in [0.717, 1.165) is 16.4 Å². The summed E-state index contributed by atoms with van der Waals surface area (Å²) in [6.07, 6.45) is 0. The fourth-order valence-electron chi connectivity index (χ4n) is 2.46. The van der Waals surface area contributed by atoms with Gasteiger partial charge < -0.3 is 9.76 Å². The van der Waals surface area contributed by atoms with Crippen molar-refractivity contribution < 1.29 is 9.76 Å². The van der Waals surface area contributed by atoms with Gasteiger partial charge >= 0.3 is 7.48 Å². The molecule has 0 atom stereocenters. The van der Waals surface area contributed by atoms with E-state index in [1.54, 1.807) is 25.2 Å². The van der Waals surface area contributed by atoms with Gasteiger partial charge in [-0.15, -0.1) is 11.3 Å². The summed E-state index contributed by atoms with van der Waals surface area (Å²) >= 11 is 1.72. The molecule has 0 spiro atoms. The number of benzene rings is 2. The maximum absolute atomic E-state index is 10.2. The van der Waals surface area contributed by atoms with Crippen LogP contribution in [-0.4, -0.2) is 23.8 Å². The Kier molecular flexibility index (Phi) is 4.94. The molecule has 0 unspecified atom stereocenters. The SMILES string of the molecule is CC(C)(O)C(C)(C)OBc1ccc(-c2cc3cc(C#N)ccc3s2)cc1. The van der Waals surface area contributed by atoms with Crippen LogP contribution in [0.1, 0.15) is 33.3 Å². The average Bonchev–Trinajstić information content (AvgIpc) is 3.02. The van der Waals surface area contributed by atoms with Gasteiger partial charge in [0.1, 0.15) is 0 Å². The van der Waals surface area contributed by atoms with E-state index in [9.17, 15) is 5.11 Å². The third-order valence-corrected chi connectivity index (χ3v) is 6.12. The highest BCUT2D eigenvalue weighted by Gasteiger charge is 2.35. The molecule has 5 heteroatoms. The molecule has 3 aromatic rings. The van der Waals surface area contributed by atoms with Crippen LogP contribution in [0.3, 0.4) is 0 Å². The summed E-state index contributed by atoms with van der Waals surface area (Å²) in [7, 11) is 0.454. The first-order chi connectivity index (χ1) is 12.2. The van der Waals surface area contributed by atoms with Crippen molar-refractivity contribution in [3.05, 3.63) is 54.1 Å². The van der Waals surface area contributed by atoms with Gasteiger partial charge in [0.25, 0.3) is 0 Å². The van der Waals surface area contributed by atoms with E-state index < -0.39 is 11.2 Å². The Hall–Kier alpha value is -2.13. The summed E-state index contributed by atoms with van der Waals surface area (Å²) in [5.74, 6) is 0. The second-order valence-corrected chi connectivity index (χ2v) is 8.61. The van der Waals surface area contributed by atoms with Crippen LogP contribution in [0.15, 0.2) is 48.5 Å². The first-order valence-electron chi connectivity index (χ1n) is 8.59. The van der Waals surface area contributed by atoms with Crippen LogP contribution in [0.2, 0.25) is 0 Å². The van der Waals surface area contributed by atoms with Crippen LogP contribution in [-0.2, 0) is 4.65 Å². The number of hydrogen-bond donors (Lipinski definition) is 1. The van der Waals surface area contributed by atoms with Gasteiger partial charge in [0.05, 0.1) is 22.8 Å². The van der Waals surface area contributed by atoms with Crippen LogP contribution in [0, 0.1) is 11.3 Å². The molecule has 1 N–H and O–H groups in total. The molecule has 2 aromatic carbocycles. The molecule has 0 aliphatic heterocycles. The van der Waals surface area contributed by atoms with Crippen LogP contribution < -0.4 is 5.46 Å². The summed E-state index contributed by atoms with van der Waals surface area (Å²) in [5, 5.41) is 20.3. The molecule has 0 saturated heterocycles. The Labute approximate surface area is 159 Å². The number of nitrogens with zero attached hydrogens (tertiary/aromatic N) is 1. The lowest BCUT2D eigenvalue weighted by molar-refractivity contribution is -0.0893. The molecule has 0 aliphatic rings. The second kappa shape index (κ2) is 6.88. The van der Waals surface area contributed by atoms with Gasteiger partial charge in [0, 0.05) is 9.58 Å². The first-order valence-corrected chi connectivity index (χ1v) is 9.41. The lowest BCUT2D eigenvalue weighted by atomic mass is 9.82. The van der Waals surface area contributed by atoms with E-state index in [1.165, 1.54) is 9.58 Å².